The third-order valence-electron chi connectivity index (χ3n) is 4.01. The van der Waals surface area contributed by atoms with E-state index in [4.69, 9.17) is 16.2 Å². The molecule has 0 spiro atoms. The van der Waals surface area contributed by atoms with Crippen molar-refractivity contribution >= 4 is 5.91 Å². The van der Waals surface area contributed by atoms with Crippen LogP contribution in [-0.2, 0) is 9.53 Å². The van der Waals surface area contributed by atoms with E-state index in [1.165, 1.54) is 0 Å². The van der Waals surface area contributed by atoms with E-state index >= 15 is 0 Å². The Kier molecular flexibility index (Phi) is 6.23. The molecule has 1 rings (SSSR count). The molecule has 1 fully saturated rings. The molecule has 1 heterocycles. The summed E-state index contributed by atoms with van der Waals surface area (Å²) in [7, 11) is 0. The first kappa shape index (κ1) is 16.4. The molecule has 1 aliphatic heterocycles. The predicted octanol–water partition coefficient (Wildman–Crippen LogP) is 0.859. The van der Waals surface area contributed by atoms with Gasteiger partial charge in [0.05, 0.1) is 18.2 Å². The van der Waals surface area contributed by atoms with Crippen LogP contribution in [0.25, 0.3) is 0 Å². The summed E-state index contributed by atoms with van der Waals surface area (Å²) in [5.74, 6) is -0.418. The molecular weight excluding hydrogens is 242 g/mol. The lowest BCUT2D eigenvalue weighted by atomic mass is 9.95. The molecule has 1 amide bonds. The maximum atomic E-state index is 11.1. The second-order valence-electron chi connectivity index (χ2n) is 5.94. The van der Waals surface area contributed by atoms with Crippen LogP contribution in [0.5, 0.6) is 0 Å². The fourth-order valence-corrected chi connectivity index (χ4v) is 2.49. The van der Waals surface area contributed by atoms with Gasteiger partial charge in [0.15, 0.2) is 0 Å². The number of amides is 1. The van der Waals surface area contributed by atoms with Crippen molar-refractivity contribution in [2.45, 2.75) is 64.1 Å². The summed E-state index contributed by atoms with van der Waals surface area (Å²) in [5, 5.41) is 0. The van der Waals surface area contributed by atoms with E-state index in [2.05, 4.69) is 18.7 Å². The Hall–Kier alpha value is -0.650. The number of nitrogens with zero attached hydrogens (tertiary/aromatic N) is 1. The molecule has 3 atom stereocenters. The highest BCUT2D eigenvalue weighted by molar-refractivity contribution is 5.83. The maximum Gasteiger partial charge on any atom is 0.237 e. The minimum Gasteiger partial charge on any atom is -0.376 e. The normalized spacial score (nSPS) is 28.0. The molecule has 5 heteroatoms. The van der Waals surface area contributed by atoms with Gasteiger partial charge in [-0.3, -0.25) is 9.69 Å². The van der Waals surface area contributed by atoms with E-state index in [1.807, 2.05) is 0 Å². The van der Waals surface area contributed by atoms with E-state index in [-0.39, 0.29) is 0 Å². The van der Waals surface area contributed by atoms with Gasteiger partial charge in [-0.1, -0.05) is 6.92 Å². The summed E-state index contributed by atoms with van der Waals surface area (Å²) >= 11 is 0. The zero-order valence-electron chi connectivity index (χ0n) is 12.5. The molecule has 1 aliphatic rings. The number of primary amides is 1. The highest BCUT2D eigenvalue weighted by Crippen LogP contribution is 2.16. The zero-order chi connectivity index (χ0) is 14.5. The third-order valence-corrected chi connectivity index (χ3v) is 4.01. The molecular formula is C14H29N3O2. The lowest BCUT2D eigenvalue weighted by Crippen LogP contribution is -2.50. The van der Waals surface area contributed by atoms with Crippen LogP contribution < -0.4 is 11.5 Å². The Balaban J connectivity index is 2.29. The van der Waals surface area contributed by atoms with Crippen LogP contribution in [0.15, 0.2) is 0 Å². The van der Waals surface area contributed by atoms with E-state index in [0.29, 0.717) is 18.6 Å². The van der Waals surface area contributed by atoms with Crippen molar-refractivity contribution in [1.29, 1.82) is 0 Å². The van der Waals surface area contributed by atoms with Crippen molar-refractivity contribution in [1.82, 2.24) is 4.90 Å². The minimum atomic E-state index is -0.873. The van der Waals surface area contributed by atoms with Gasteiger partial charge in [-0.15, -0.1) is 0 Å². The van der Waals surface area contributed by atoms with Crippen molar-refractivity contribution in [2.24, 2.45) is 11.5 Å². The molecule has 3 unspecified atom stereocenters. The number of morpholine rings is 1. The Labute approximate surface area is 116 Å². The third kappa shape index (κ3) is 5.09. The number of carbonyl (C=O) groups excluding carboxylic acids is 1. The molecule has 19 heavy (non-hydrogen) atoms. The van der Waals surface area contributed by atoms with Crippen molar-refractivity contribution in [3.63, 3.8) is 0 Å². The number of ether oxygens (including phenoxy) is 1. The molecule has 0 radical (unpaired) electrons. The van der Waals surface area contributed by atoms with Gasteiger partial charge in [-0.05, 0) is 46.1 Å². The van der Waals surface area contributed by atoms with E-state index in [0.717, 1.165) is 39.0 Å². The van der Waals surface area contributed by atoms with E-state index in [1.54, 1.807) is 6.92 Å². The molecule has 0 aliphatic carbocycles. The molecule has 1 saturated heterocycles. The molecule has 112 valence electrons. The molecule has 0 aromatic rings. The van der Waals surface area contributed by atoms with E-state index in [9.17, 15) is 4.79 Å². The molecule has 0 aromatic carbocycles. The SMILES string of the molecule is CCC1COC(C)CN1CCCCC(C)(N)C(N)=O. The van der Waals surface area contributed by atoms with Gasteiger partial charge in [-0.2, -0.15) is 0 Å². The highest BCUT2D eigenvalue weighted by atomic mass is 16.5. The summed E-state index contributed by atoms with van der Waals surface area (Å²) in [5.41, 5.74) is 10.2. The van der Waals surface area contributed by atoms with Crippen molar-refractivity contribution in [2.75, 3.05) is 19.7 Å². The first-order valence-corrected chi connectivity index (χ1v) is 7.31. The predicted molar refractivity (Wildman–Crippen MR) is 76.7 cm³/mol. The van der Waals surface area contributed by atoms with E-state index < -0.39 is 11.4 Å². The smallest absolute Gasteiger partial charge is 0.237 e. The van der Waals surface area contributed by atoms with Crippen molar-refractivity contribution in [3.05, 3.63) is 0 Å². The number of rotatable bonds is 7. The topological polar surface area (TPSA) is 81.6 Å². The Morgan fingerprint density at radius 2 is 2.16 bits per heavy atom. The van der Waals surface area contributed by atoms with Crippen LogP contribution >= 0.6 is 0 Å². The number of hydrogen-bond donors (Lipinski definition) is 2. The molecule has 0 aromatic heterocycles. The Morgan fingerprint density at radius 1 is 1.47 bits per heavy atom. The zero-order valence-corrected chi connectivity index (χ0v) is 12.5. The molecule has 5 nitrogen and oxygen atoms in total. The average Bonchev–Trinajstić information content (AvgIpc) is 2.34. The van der Waals surface area contributed by atoms with Crippen molar-refractivity contribution in [3.8, 4) is 0 Å². The summed E-state index contributed by atoms with van der Waals surface area (Å²) < 4.78 is 5.68. The highest BCUT2D eigenvalue weighted by Gasteiger charge is 2.27. The molecule has 0 bridgehead atoms. The number of carbonyl (C=O) groups is 1. The Bertz CT molecular complexity index is 294. The van der Waals surface area contributed by atoms with Gasteiger partial charge in [0.1, 0.15) is 0 Å². The first-order chi connectivity index (χ1) is 8.86. The van der Waals surface area contributed by atoms with Gasteiger partial charge in [0.25, 0.3) is 0 Å². The van der Waals surface area contributed by atoms with Gasteiger partial charge < -0.3 is 16.2 Å². The fraction of sp³-hybridized carbons (Fsp3) is 0.929. The van der Waals surface area contributed by atoms with Gasteiger partial charge in [0.2, 0.25) is 5.91 Å². The van der Waals surface area contributed by atoms with Crippen LogP contribution in [0, 0.1) is 0 Å². The summed E-state index contributed by atoms with van der Waals surface area (Å²) in [6.07, 6.45) is 4.05. The van der Waals surface area contributed by atoms with Gasteiger partial charge in [0, 0.05) is 12.6 Å². The average molecular weight is 271 g/mol. The van der Waals surface area contributed by atoms with Crippen LogP contribution in [0.2, 0.25) is 0 Å². The number of unbranched alkanes of at least 4 members (excludes halogenated alkanes) is 1. The van der Waals surface area contributed by atoms with Crippen LogP contribution in [0.1, 0.15) is 46.5 Å². The lowest BCUT2D eigenvalue weighted by Gasteiger charge is -2.38. The maximum absolute atomic E-state index is 11.1. The van der Waals surface area contributed by atoms with Crippen LogP contribution in [0.3, 0.4) is 0 Å². The molecule has 4 N–H and O–H groups in total. The second kappa shape index (κ2) is 7.22. The fourth-order valence-electron chi connectivity index (χ4n) is 2.49. The number of nitrogens with two attached hydrogens (primary N) is 2. The quantitative estimate of drug-likeness (QED) is 0.673. The second-order valence-corrected chi connectivity index (χ2v) is 5.94. The monoisotopic (exact) mass is 271 g/mol. The van der Waals surface area contributed by atoms with Crippen LogP contribution in [-0.4, -0.2) is 48.2 Å². The van der Waals surface area contributed by atoms with Crippen molar-refractivity contribution < 1.29 is 9.53 Å². The van der Waals surface area contributed by atoms with Gasteiger partial charge >= 0.3 is 0 Å². The van der Waals surface area contributed by atoms with Gasteiger partial charge in [-0.25, -0.2) is 0 Å². The summed E-state index contributed by atoms with van der Waals surface area (Å²) in [6, 6.07) is 0.525. The minimum absolute atomic E-state index is 0.313. The largest absolute Gasteiger partial charge is 0.376 e. The number of hydrogen-bond acceptors (Lipinski definition) is 4. The summed E-state index contributed by atoms with van der Waals surface area (Å²) in [6.45, 7) is 8.88. The lowest BCUT2D eigenvalue weighted by molar-refractivity contribution is -0.122. The molecule has 0 saturated carbocycles. The summed E-state index contributed by atoms with van der Waals surface area (Å²) in [4.78, 5) is 13.6. The standard InChI is InChI=1S/C14H29N3O2/c1-4-12-10-19-11(2)9-17(12)8-6-5-7-14(3,16)13(15)18/h11-12H,4-10,16H2,1-3H3,(H2,15,18). The van der Waals surface area contributed by atoms with Crippen LogP contribution in [0.4, 0.5) is 0 Å². The first-order valence-electron chi connectivity index (χ1n) is 7.31. The Morgan fingerprint density at radius 3 is 2.74 bits per heavy atom.